The molecular formula is C15H13NO. The Labute approximate surface area is 100 Å². The average molecular weight is 223 g/mol. The molecule has 0 spiro atoms. The number of likely N-dealkylation sites (tertiary alicyclic amines) is 1. The first kappa shape index (κ1) is 10.1. The highest BCUT2D eigenvalue weighted by molar-refractivity contribution is 5.91. The van der Waals surface area contributed by atoms with Gasteiger partial charge in [-0.3, -0.25) is 4.79 Å². The Morgan fingerprint density at radius 3 is 2.65 bits per heavy atom. The van der Waals surface area contributed by atoms with Crippen molar-refractivity contribution in [2.75, 3.05) is 6.54 Å². The highest BCUT2D eigenvalue weighted by Gasteiger charge is 2.20. The molecule has 0 bridgehead atoms. The van der Waals surface area contributed by atoms with Gasteiger partial charge < -0.3 is 4.90 Å². The van der Waals surface area contributed by atoms with Crippen LogP contribution in [0, 0.1) is 0 Å². The molecule has 1 fully saturated rings. The highest BCUT2D eigenvalue weighted by atomic mass is 16.2. The number of rotatable bonds is 2. The lowest BCUT2D eigenvalue weighted by atomic mass is 10.0. The Bertz CT molecular complexity index is 595. The summed E-state index contributed by atoms with van der Waals surface area (Å²) in [6.45, 7) is 0.847. The zero-order valence-corrected chi connectivity index (χ0v) is 9.47. The number of benzene rings is 2. The Morgan fingerprint density at radius 1 is 1.06 bits per heavy atom. The van der Waals surface area contributed by atoms with Crippen molar-refractivity contribution in [2.45, 2.75) is 6.42 Å². The number of β-lactam (4-membered cyclic amide) rings is 1. The van der Waals surface area contributed by atoms with Gasteiger partial charge >= 0.3 is 0 Å². The van der Waals surface area contributed by atoms with E-state index < -0.39 is 0 Å². The van der Waals surface area contributed by atoms with Crippen molar-refractivity contribution in [2.24, 2.45) is 0 Å². The minimum atomic E-state index is 0.210. The molecule has 1 heterocycles. The second-order valence-electron chi connectivity index (χ2n) is 4.22. The molecule has 0 saturated carbocycles. The van der Waals surface area contributed by atoms with Crippen molar-refractivity contribution in [1.82, 2.24) is 4.90 Å². The van der Waals surface area contributed by atoms with Gasteiger partial charge in [-0.15, -0.1) is 0 Å². The van der Waals surface area contributed by atoms with E-state index in [1.54, 1.807) is 4.90 Å². The molecule has 17 heavy (non-hydrogen) atoms. The van der Waals surface area contributed by atoms with Crippen molar-refractivity contribution in [3.63, 3.8) is 0 Å². The van der Waals surface area contributed by atoms with Crippen molar-refractivity contribution < 1.29 is 4.79 Å². The molecule has 0 atom stereocenters. The fraction of sp³-hybridized carbons (Fsp3) is 0.133. The van der Waals surface area contributed by atoms with Gasteiger partial charge in [0.1, 0.15) is 0 Å². The standard InChI is InChI=1S/C15H13NO/c17-15-9-11-16(15)10-8-13-6-3-5-12-4-1-2-7-14(12)13/h1-8,10H,9,11H2. The molecule has 0 N–H and O–H groups in total. The van der Waals surface area contributed by atoms with E-state index >= 15 is 0 Å². The molecule has 2 aromatic rings. The van der Waals surface area contributed by atoms with Crippen molar-refractivity contribution in [3.8, 4) is 0 Å². The van der Waals surface area contributed by atoms with E-state index in [1.165, 1.54) is 10.8 Å². The molecule has 84 valence electrons. The summed E-state index contributed by atoms with van der Waals surface area (Å²) >= 11 is 0. The molecule has 1 amide bonds. The van der Waals surface area contributed by atoms with Crippen LogP contribution in [-0.2, 0) is 4.79 Å². The number of amides is 1. The minimum Gasteiger partial charge on any atom is -0.318 e. The van der Waals surface area contributed by atoms with Crippen LogP contribution >= 0.6 is 0 Å². The Hall–Kier alpha value is -2.09. The molecule has 3 rings (SSSR count). The van der Waals surface area contributed by atoms with Gasteiger partial charge in [0.05, 0.1) is 0 Å². The predicted molar refractivity (Wildman–Crippen MR) is 69.3 cm³/mol. The maximum Gasteiger partial charge on any atom is 0.228 e. The Balaban J connectivity index is 1.97. The van der Waals surface area contributed by atoms with Crippen LogP contribution in [0.1, 0.15) is 12.0 Å². The van der Waals surface area contributed by atoms with Gasteiger partial charge in [-0.1, -0.05) is 42.5 Å². The average Bonchev–Trinajstić information content (AvgIpc) is 2.37. The first-order chi connectivity index (χ1) is 8.34. The second-order valence-corrected chi connectivity index (χ2v) is 4.22. The Morgan fingerprint density at radius 2 is 1.88 bits per heavy atom. The van der Waals surface area contributed by atoms with Crippen molar-refractivity contribution >= 4 is 22.8 Å². The third kappa shape index (κ3) is 1.82. The summed E-state index contributed by atoms with van der Waals surface area (Å²) in [5.41, 5.74) is 1.16. The second kappa shape index (κ2) is 4.06. The van der Waals surface area contributed by atoms with E-state index in [0.29, 0.717) is 6.42 Å². The molecule has 0 radical (unpaired) electrons. The number of hydrogen-bond acceptors (Lipinski definition) is 1. The van der Waals surface area contributed by atoms with Gasteiger partial charge in [-0.2, -0.15) is 0 Å². The summed E-state index contributed by atoms with van der Waals surface area (Å²) in [6, 6.07) is 14.5. The van der Waals surface area contributed by atoms with Crippen LogP contribution in [0.25, 0.3) is 16.8 Å². The summed E-state index contributed by atoms with van der Waals surface area (Å²) in [4.78, 5) is 12.9. The van der Waals surface area contributed by atoms with Crippen molar-refractivity contribution in [3.05, 3.63) is 54.2 Å². The summed E-state index contributed by atoms with van der Waals surface area (Å²) in [7, 11) is 0. The van der Waals surface area contributed by atoms with Gasteiger partial charge in [-0.25, -0.2) is 0 Å². The van der Waals surface area contributed by atoms with E-state index in [0.717, 1.165) is 12.1 Å². The van der Waals surface area contributed by atoms with Gasteiger partial charge in [0.25, 0.3) is 0 Å². The van der Waals surface area contributed by atoms with Crippen LogP contribution in [0.3, 0.4) is 0 Å². The number of carbonyl (C=O) groups excluding carboxylic acids is 1. The molecule has 2 nitrogen and oxygen atoms in total. The minimum absolute atomic E-state index is 0.210. The maximum absolute atomic E-state index is 11.2. The number of hydrogen-bond donors (Lipinski definition) is 0. The summed E-state index contributed by atoms with van der Waals surface area (Å²) in [6.07, 6.45) is 4.58. The first-order valence-corrected chi connectivity index (χ1v) is 5.80. The zero-order chi connectivity index (χ0) is 11.7. The van der Waals surface area contributed by atoms with Gasteiger partial charge in [0, 0.05) is 19.2 Å². The summed E-state index contributed by atoms with van der Waals surface area (Å²) < 4.78 is 0. The highest BCUT2D eigenvalue weighted by Crippen LogP contribution is 2.20. The maximum atomic E-state index is 11.2. The number of fused-ring (bicyclic) bond motifs is 1. The molecule has 1 aliphatic rings. The van der Waals surface area contributed by atoms with Crippen LogP contribution < -0.4 is 0 Å². The lowest BCUT2D eigenvalue weighted by Gasteiger charge is -2.26. The van der Waals surface area contributed by atoms with Crippen LogP contribution in [0.2, 0.25) is 0 Å². The molecule has 2 aromatic carbocycles. The molecular weight excluding hydrogens is 210 g/mol. The van der Waals surface area contributed by atoms with Crippen molar-refractivity contribution in [1.29, 1.82) is 0 Å². The summed E-state index contributed by atoms with van der Waals surface area (Å²) in [5, 5.41) is 2.45. The number of nitrogens with zero attached hydrogens (tertiary/aromatic N) is 1. The van der Waals surface area contributed by atoms with E-state index in [9.17, 15) is 4.79 Å². The monoisotopic (exact) mass is 223 g/mol. The smallest absolute Gasteiger partial charge is 0.228 e. The molecule has 2 heteroatoms. The van der Waals surface area contributed by atoms with Gasteiger partial charge in [0.2, 0.25) is 5.91 Å². The van der Waals surface area contributed by atoms with Crippen LogP contribution in [-0.4, -0.2) is 17.4 Å². The summed E-state index contributed by atoms with van der Waals surface area (Å²) in [5.74, 6) is 0.210. The van der Waals surface area contributed by atoms with E-state index in [2.05, 4.69) is 24.3 Å². The lowest BCUT2D eigenvalue weighted by Crippen LogP contribution is -2.38. The van der Waals surface area contributed by atoms with E-state index in [4.69, 9.17) is 0 Å². The largest absolute Gasteiger partial charge is 0.318 e. The normalized spacial score (nSPS) is 15.5. The predicted octanol–water partition coefficient (Wildman–Crippen LogP) is 3.04. The molecule has 0 unspecified atom stereocenters. The SMILES string of the molecule is O=C1CCN1C=Cc1cccc2ccccc12. The third-order valence-electron chi connectivity index (χ3n) is 3.14. The van der Waals surface area contributed by atoms with Crippen LogP contribution in [0.4, 0.5) is 0 Å². The van der Waals surface area contributed by atoms with Crippen LogP contribution in [0.15, 0.2) is 48.7 Å². The van der Waals surface area contributed by atoms with E-state index in [-0.39, 0.29) is 5.91 Å². The van der Waals surface area contributed by atoms with Crippen LogP contribution in [0.5, 0.6) is 0 Å². The lowest BCUT2D eigenvalue weighted by molar-refractivity contribution is -0.135. The molecule has 0 aromatic heterocycles. The van der Waals surface area contributed by atoms with Gasteiger partial charge in [0.15, 0.2) is 0 Å². The number of carbonyl (C=O) groups is 1. The fourth-order valence-electron chi connectivity index (χ4n) is 2.06. The van der Waals surface area contributed by atoms with Gasteiger partial charge in [-0.05, 0) is 22.4 Å². The molecule has 0 aliphatic carbocycles. The Kier molecular flexibility index (Phi) is 2.41. The first-order valence-electron chi connectivity index (χ1n) is 5.80. The fourth-order valence-corrected chi connectivity index (χ4v) is 2.06. The molecule has 1 saturated heterocycles. The topological polar surface area (TPSA) is 20.3 Å². The zero-order valence-electron chi connectivity index (χ0n) is 9.47. The third-order valence-corrected chi connectivity index (χ3v) is 3.14. The molecule has 1 aliphatic heterocycles. The van der Waals surface area contributed by atoms with E-state index in [1.807, 2.05) is 30.5 Å². The quantitative estimate of drug-likeness (QED) is 0.716.